The van der Waals surface area contributed by atoms with Gasteiger partial charge in [-0.15, -0.1) is 0 Å². The first-order valence-electron chi connectivity index (χ1n) is 8.19. The Bertz CT molecular complexity index is 1070. The second-order valence-electron chi connectivity index (χ2n) is 5.92. The number of alkyl halides is 3. The Hall–Kier alpha value is -3.35. The normalized spacial score (nSPS) is 11.7. The lowest BCUT2D eigenvalue weighted by molar-refractivity contribution is -0.139. The van der Waals surface area contributed by atoms with Crippen LogP contribution in [0, 0.1) is 0 Å². The molecule has 136 valence electrons. The third kappa shape index (κ3) is 3.48. The number of nitrogens with zero attached hydrogens (tertiary/aromatic N) is 3. The number of rotatable bonds is 4. The molecule has 0 amide bonds. The first-order valence-corrected chi connectivity index (χ1v) is 8.19. The van der Waals surface area contributed by atoms with Gasteiger partial charge >= 0.3 is 6.18 Å². The third-order valence-electron chi connectivity index (χ3n) is 4.06. The van der Waals surface area contributed by atoms with Crippen LogP contribution in [0.5, 0.6) is 5.75 Å². The molecule has 0 atom stereocenters. The molecular formula is C20H14F3N3O. The highest BCUT2D eigenvalue weighted by molar-refractivity contribution is 5.66. The number of ether oxygens (including phenoxy) is 1. The molecule has 0 bridgehead atoms. The van der Waals surface area contributed by atoms with Crippen molar-refractivity contribution in [2.24, 2.45) is 0 Å². The number of fused-ring (bicyclic) bond motifs is 1. The highest BCUT2D eigenvalue weighted by Crippen LogP contribution is 2.35. The van der Waals surface area contributed by atoms with Gasteiger partial charge in [0, 0.05) is 18.0 Å². The summed E-state index contributed by atoms with van der Waals surface area (Å²) in [6.07, 6.45) is -0.512. The van der Waals surface area contributed by atoms with Crippen molar-refractivity contribution < 1.29 is 17.9 Å². The Labute approximate surface area is 152 Å². The van der Waals surface area contributed by atoms with Gasteiger partial charge in [0.1, 0.15) is 18.2 Å². The fraction of sp³-hybridized carbons (Fsp3) is 0.100. The van der Waals surface area contributed by atoms with E-state index in [-0.39, 0.29) is 11.3 Å². The van der Waals surface area contributed by atoms with E-state index in [9.17, 15) is 13.2 Å². The minimum absolute atomic E-state index is 0.0874. The molecule has 0 aliphatic rings. The second kappa shape index (κ2) is 6.75. The van der Waals surface area contributed by atoms with Gasteiger partial charge in [-0.05, 0) is 17.7 Å². The zero-order valence-electron chi connectivity index (χ0n) is 14.0. The van der Waals surface area contributed by atoms with E-state index in [2.05, 4.69) is 9.97 Å². The third-order valence-corrected chi connectivity index (χ3v) is 4.06. The van der Waals surface area contributed by atoms with Gasteiger partial charge in [-0.1, -0.05) is 42.5 Å². The van der Waals surface area contributed by atoms with E-state index in [1.54, 1.807) is 24.3 Å². The fourth-order valence-corrected chi connectivity index (χ4v) is 2.82. The minimum Gasteiger partial charge on any atom is -0.489 e. The van der Waals surface area contributed by atoms with E-state index in [1.165, 1.54) is 16.8 Å². The summed E-state index contributed by atoms with van der Waals surface area (Å²) in [5.74, 6) is 0.737. The molecule has 0 unspecified atom stereocenters. The summed E-state index contributed by atoms with van der Waals surface area (Å²) < 4.78 is 47.1. The van der Waals surface area contributed by atoms with Crippen LogP contribution in [0.4, 0.5) is 13.2 Å². The maximum Gasteiger partial charge on any atom is 0.435 e. The van der Waals surface area contributed by atoms with Crippen LogP contribution in [0.2, 0.25) is 0 Å². The summed E-state index contributed by atoms with van der Waals surface area (Å²) in [7, 11) is 0. The van der Waals surface area contributed by atoms with Crippen molar-refractivity contribution in [2.45, 2.75) is 12.8 Å². The monoisotopic (exact) mass is 369 g/mol. The molecule has 0 radical (unpaired) electrons. The summed E-state index contributed by atoms with van der Waals surface area (Å²) in [6, 6.07) is 16.5. The standard InChI is InChI=1S/C20H14F3N3O/c21-20(22,23)18-17-12-24-9-10-26(17)19(25-18)15-7-4-8-16(11-15)27-13-14-5-2-1-3-6-14/h1-12H,13H2. The van der Waals surface area contributed by atoms with Crippen LogP contribution in [-0.4, -0.2) is 14.4 Å². The summed E-state index contributed by atoms with van der Waals surface area (Å²) >= 11 is 0. The topological polar surface area (TPSA) is 39.4 Å². The van der Waals surface area contributed by atoms with Crippen molar-refractivity contribution in [3.8, 4) is 17.1 Å². The summed E-state index contributed by atoms with van der Waals surface area (Å²) in [6.45, 7) is 0.365. The Morgan fingerprint density at radius 1 is 1.00 bits per heavy atom. The first-order chi connectivity index (χ1) is 13.0. The molecule has 27 heavy (non-hydrogen) atoms. The number of aromatic nitrogens is 3. The minimum atomic E-state index is -4.56. The molecule has 0 fully saturated rings. The van der Waals surface area contributed by atoms with Crippen molar-refractivity contribution in [1.82, 2.24) is 14.4 Å². The van der Waals surface area contributed by atoms with Gasteiger partial charge in [-0.2, -0.15) is 13.2 Å². The van der Waals surface area contributed by atoms with E-state index in [1.807, 2.05) is 30.3 Å². The molecule has 0 saturated carbocycles. The van der Waals surface area contributed by atoms with Crippen molar-refractivity contribution in [2.75, 3.05) is 0 Å². The average Bonchev–Trinajstić information content (AvgIpc) is 3.08. The molecule has 4 nitrogen and oxygen atoms in total. The highest BCUT2D eigenvalue weighted by Gasteiger charge is 2.37. The number of halogens is 3. The molecule has 0 N–H and O–H groups in total. The van der Waals surface area contributed by atoms with Crippen LogP contribution in [0.3, 0.4) is 0 Å². The quantitative estimate of drug-likeness (QED) is 0.509. The first kappa shape index (κ1) is 17.1. The van der Waals surface area contributed by atoms with E-state index in [4.69, 9.17) is 4.74 Å². The Morgan fingerprint density at radius 3 is 2.59 bits per heavy atom. The van der Waals surface area contributed by atoms with Crippen LogP contribution >= 0.6 is 0 Å². The number of hydrogen-bond donors (Lipinski definition) is 0. The van der Waals surface area contributed by atoms with E-state index < -0.39 is 11.9 Å². The van der Waals surface area contributed by atoms with Gasteiger partial charge < -0.3 is 4.74 Å². The lowest BCUT2D eigenvalue weighted by Gasteiger charge is -2.08. The van der Waals surface area contributed by atoms with Crippen LogP contribution in [0.15, 0.2) is 73.2 Å². The Balaban J connectivity index is 1.70. The maximum atomic E-state index is 13.3. The van der Waals surface area contributed by atoms with Gasteiger partial charge in [-0.25, -0.2) is 4.98 Å². The SMILES string of the molecule is FC(F)(F)c1nc(-c2cccc(OCc3ccccc3)c2)n2ccncc12. The molecule has 4 aromatic rings. The number of hydrogen-bond acceptors (Lipinski definition) is 3. The largest absolute Gasteiger partial charge is 0.489 e. The zero-order valence-corrected chi connectivity index (χ0v) is 14.0. The second-order valence-corrected chi connectivity index (χ2v) is 5.92. The number of imidazole rings is 1. The molecule has 0 spiro atoms. The Morgan fingerprint density at radius 2 is 1.81 bits per heavy atom. The van der Waals surface area contributed by atoms with Gasteiger partial charge in [0.15, 0.2) is 5.69 Å². The molecule has 4 rings (SSSR count). The van der Waals surface area contributed by atoms with Crippen LogP contribution < -0.4 is 4.74 Å². The van der Waals surface area contributed by atoms with Crippen molar-refractivity contribution in [1.29, 1.82) is 0 Å². The lowest BCUT2D eigenvalue weighted by Crippen LogP contribution is -2.06. The van der Waals surface area contributed by atoms with Gasteiger partial charge in [0.05, 0.1) is 11.7 Å². The molecule has 2 aromatic carbocycles. The van der Waals surface area contributed by atoms with Crippen molar-refractivity contribution >= 4 is 5.52 Å². The van der Waals surface area contributed by atoms with E-state index in [0.717, 1.165) is 11.8 Å². The highest BCUT2D eigenvalue weighted by atomic mass is 19.4. The molecule has 0 aliphatic carbocycles. The van der Waals surface area contributed by atoms with E-state index in [0.29, 0.717) is 17.9 Å². The predicted octanol–water partition coefficient (Wildman–Crippen LogP) is 4.99. The molecule has 2 aromatic heterocycles. The number of benzene rings is 2. The Kier molecular flexibility index (Phi) is 4.27. The van der Waals surface area contributed by atoms with Crippen LogP contribution in [-0.2, 0) is 12.8 Å². The smallest absolute Gasteiger partial charge is 0.435 e. The van der Waals surface area contributed by atoms with Gasteiger partial charge in [0.25, 0.3) is 0 Å². The summed E-state index contributed by atoms with van der Waals surface area (Å²) in [5.41, 5.74) is 0.480. The zero-order chi connectivity index (χ0) is 18.9. The average molecular weight is 369 g/mol. The van der Waals surface area contributed by atoms with Gasteiger partial charge in [0.2, 0.25) is 0 Å². The fourth-order valence-electron chi connectivity index (χ4n) is 2.82. The van der Waals surface area contributed by atoms with Crippen LogP contribution in [0.1, 0.15) is 11.3 Å². The summed E-state index contributed by atoms with van der Waals surface area (Å²) in [4.78, 5) is 7.62. The molecular weight excluding hydrogens is 355 g/mol. The predicted molar refractivity (Wildman–Crippen MR) is 94.2 cm³/mol. The van der Waals surface area contributed by atoms with Crippen LogP contribution in [0.25, 0.3) is 16.9 Å². The summed E-state index contributed by atoms with van der Waals surface area (Å²) in [5, 5.41) is 0. The maximum absolute atomic E-state index is 13.3. The molecule has 0 aliphatic heterocycles. The van der Waals surface area contributed by atoms with Crippen molar-refractivity contribution in [3.05, 3.63) is 84.4 Å². The molecule has 7 heteroatoms. The van der Waals surface area contributed by atoms with E-state index >= 15 is 0 Å². The molecule has 2 heterocycles. The van der Waals surface area contributed by atoms with Gasteiger partial charge in [-0.3, -0.25) is 9.38 Å². The molecule has 0 saturated heterocycles. The van der Waals surface area contributed by atoms with Crippen molar-refractivity contribution in [3.63, 3.8) is 0 Å². The lowest BCUT2D eigenvalue weighted by atomic mass is 10.2.